The fraction of sp³-hybridized carbons (Fsp3) is 0.250. The highest BCUT2D eigenvalue weighted by Gasteiger charge is 2.14. The molecule has 0 saturated carbocycles. The molecule has 0 aromatic heterocycles. The summed E-state index contributed by atoms with van der Waals surface area (Å²) in [5, 5.41) is 17.2. The molecule has 1 aromatic carbocycles. The summed E-state index contributed by atoms with van der Waals surface area (Å²) in [6, 6.07) is 4.56. The molecule has 0 aliphatic rings. The van der Waals surface area contributed by atoms with Crippen molar-refractivity contribution in [2.45, 2.75) is 0 Å². The molecule has 0 aliphatic carbocycles. The Morgan fingerprint density at radius 1 is 1.47 bits per heavy atom. The molecule has 7 nitrogen and oxygen atoms in total. The fourth-order valence-corrected chi connectivity index (χ4v) is 1.09. The van der Waals surface area contributed by atoms with Crippen LogP contribution in [0.5, 0.6) is 0 Å². The molecular formula is C8H11N5O2. The molecule has 80 valence electrons. The van der Waals surface area contributed by atoms with Gasteiger partial charge < -0.3 is 10.7 Å². The maximum Gasteiger partial charge on any atom is 0.296 e. The smallest absolute Gasteiger partial charge is 0.296 e. The van der Waals surface area contributed by atoms with Gasteiger partial charge in [-0.3, -0.25) is 10.1 Å². The van der Waals surface area contributed by atoms with Crippen molar-refractivity contribution in [3.05, 3.63) is 28.3 Å². The van der Waals surface area contributed by atoms with Crippen LogP contribution in [0.25, 0.3) is 0 Å². The van der Waals surface area contributed by atoms with Crippen molar-refractivity contribution in [3.8, 4) is 0 Å². The van der Waals surface area contributed by atoms with E-state index in [0.29, 0.717) is 0 Å². The molecule has 0 atom stereocenters. The number of hydrogen-bond acceptors (Lipinski definition) is 5. The van der Waals surface area contributed by atoms with E-state index in [1.54, 1.807) is 17.0 Å². The number of benzene rings is 1. The highest BCUT2D eigenvalue weighted by Crippen LogP contribution is 2.31. The Labute approximate surface area is 86.3 Å². The Bertz CT molecular complexity index is 402. The minimum absolute atomic E-state index is 0.116. The van der Waals surface area contributed by atoms with Gasteiger partial charge in [0, 0.05) is 25.8 Å². The van der Waals surface area contributed by atoms with Crippen LogP contribution in [0.15, 0.2) is 28.5 Å². The predicted octanol–water partition coefficient (Wildman–Crippen LogP) is 1.62. The van der Waals surface area contributed by atoms with Gasteiger partial charge in [0.25, 0.3) is 5.69 Å². The second-order valence-electron chi connectivity index (χ2n) is 3.04. The molecule has 0 aliphatic heterocycles. The van der Waals surface area contributed by atoms with Crippen molar-refractivity contribution in [1.29, 1.82) is 0 Å². The number of nitrogens with zero attached hydrogens (tertiary/aromatic N) is 4. The van der Waals surface area contributed by atoms with Gasteiger partial charge in [0.1, 0.15) is 0 Å². The van der Waals surface area contributed by atoms with Crippen molar-refractivity contribution < 1.29 is 4.92 Å². The summed E-state index contributed by atoms with van der Waals surface area (Å²) in [5.41, 5.74) is 0.825. The molecule has 0 saturated heterocycles. The van der Waals surface area contributed by atoms with Crippen LogP contribution in [0.1, 0.15) is 0 Å². The summed E-state index contributed by atoms with van der Waals surface area (Å²) < 4.78 is 0. The Balaban J connectivity index is 3.26. The van der Waals surface area contributed by atoms with Crippen molar-refractivity contribution in [3.63, 3.8) is 0 Å². The van der Waals surface area contributed by atoms with Gasteiger partial charge in [-0.15, -0.1) is 5.11 Å². The minimum Gasteiger partial charge on any atom is -0.378 e. The highest BCUT2D eigenvalue weighted by molar-refractivity contribution is 5.65. The lowest BCUT2D eigenvalue weighted by Crippen LogP contribution is -2.08. The molecule has 1 rings (SSSR count). The maximum absolute atomic E-state index is 10.6. The number of nitrogens with two attached hydrogens (primary N) is 1. The van der Waals surface area contributed by atoms with Crippen LogP contribution in [0.3, 0.4) is 0 Å². The summed E-state index contributed by atoms with van der Waals surface area (Å²) >= 11 is 0. The molecule has 0 radical (unpaired) electrons. The third-order valence-electron chi connectivity index (χ3n) is 1.84. The fourth-order valence-electron chi connectivity index (χ4n) is 1.09. The minimum atomic E-state index is -0.524. The van der Waals surface area contributed by atoms with Gasteiger partial charge in [-0.05, 0) is 12.1 Å². The molecule has 0 bridgehead atoms. The molecular weight excluding hydrogens is 198 g/mol. The zero-order valence-corrected chi connectivity index (χ0v) is 8.41. The lowest BCUT2D eigenvalue weighted by Gasteiger charge is -2.11. The molecule has 2 N–H and O–H groups in total. The van der Waals surface area contributed by atoms with Crippen molar-refractivity contribution in [1.82, 2.24) is 0 Å². The second-order valence-corrected chi connectivity index (χ2v) is 3.04. The van der Waals surface area contributed by atoms with Crippen LogP contribution in [0.2, 0.25) is 0 Å². The van der Waals surface area contributed by atoms with E-state index in [4.69, 9.17) is 5.84 Å². The second kappa shape index (κ2) is 4.36. The molecule has 0 fully saturated rings. The zero-order chi connectivity index (χ0) is 11.4. The van der Waals surface area contributed by atoms with Crippen LogP contribution in [0, 0.1) is 10.1 Å². The lowest BCUT2D eigenvalue weighted by atomic mass is 10.2. The van der Waals surface area contributed by atoms with E-state index in [1.807, 2.05) is 14.1 Å². The van der Waals surface area contributed by atoms with E-state index in [2.05, 4.69) is 10.3 Å². The summed E-state index contributed by atoms with van der Waals surface area (Å²) in [7, 11) is 3.65. The van der Waals surface area contributed by atoms with Crippen LogP contribution < -0.4 is 10.7 Å². The third kappa shape index (κ3) is 2.39. The first-order valence-electron chi connectivity index (χ1n) is 4.13. The molecule has 15 heavy (non-hydrogen) atoms. The highest BCUT2D eigenvalue weighted by atomic mass is 16.6. The molecule has 0 spiro atoms. The van der Waals surface area contributed by atoms with Gasteiger partial charge in [-0.2, -0.15) is 0 Å². The van der Waals surface area contributed by atoms with Crippen molar-refractivity contribution in [2.24, 2.45) is 16.2 Å². The zero-order valence-electron chi connectivity index (χ0n) is 8.41. The largest absolute Gasteiger partial charge is 0.378 e. The first kappa shape index (κ1) is 10.9. The standard InChI is InChI=1S/C8H11N5O2/c1-12(2)6-3-4-8(13(14)15)7(5-6)10-11-9/h3-5H,1-2H3,(H2,9,10). The monoisotopic (exact) mass is 209 g/mol. The number of nitro benzene ring substituents is 1. The Kier molecular flexibility index (Phi) is 3.17. The van der Waals surface area contributed by atoms with Crippen LogP contribution in [-0.4, -0.2) is 19.0 Å². The number of nitro groups is 1. The summed E-state index contributed by atoms with van der Waals surface area (Å²) in [5.74, 6) is 4.88. The number of rotatable bonds is 3. The van der Waals surface area contributed by atoms with Crippen molar-refractivity contribution >= 4 is 17.1 Å². The summed E-state index contributed by atoms with van der Waals surface area (Å²) in [6.07, 6.45) is 0. The van der Waals surface area contributed by atoms with E-state index in [9.17, 15) is 10.1 Å². The topological polar surface area (TPSA) is 97.1 Å². The third-order valence-corrected chi connectivity index (χ3v) is 1.84. The molecule has 0 unspecified atom stereocenters. The van der Waals surface area contributed by atoms with Crippen molar-refractivity contribution in [2.75, 3.05) is 19.0 Å². The van der Waals surface area contributed by atoms with Crippen LogP contribution in [-0.2, 0) is 0 Å². The van der Waals surface area contributed by atoms with E-state index < -0.39 is 4.92 Å². The summed E-state index contributed by atoms with van der Waals surface area (Å²) in [6.45, 7) is 0. The Morgan fingerprint density at radius 3 is 2.60 bits per heavy atom. The van der Waals surface area contributed by atoms with Gasteiger partial charge in [0.2, 0.25) is 0 Å². The predicted molar refractivity (Wildman–Crippen MR) is 56.1 cm³/mol. The van der Waals surface area contributed by atoms with E-state index >= 15 is 0 Å². The number of anilines is 1. The lowest BCUT2D eigenvalue weighted by molar-refractivity contribution is -0.384. The average Bonchev–Trinajstić information content (AvgIpc) is 2.17. The first-order chi connectivity index (χ1) is 7.06. The summed E-state index contributed by atoms with van der Waals surface area (Å²) in [4.78, 5) is 11.9. The van der Waals surface area contributed by atoms with Gasteiger partial charge in [-0.1, -0.05) is 5.22 Å². The van der Waals surface area contributed by atoms with E-state index in [-0.39, 0.29) is 11.4 Å². The van der Waals surface area contributed by atoms with Crippen LogP contribution >= 0.6 is 0 Å². The van der Waals surface area contributed by atoms with Gasteiger partial charge in [-0.25, -0.2) is 0 Å². The van der Waals surface area contributed by atoms with Gasteiger partial charge in [0.05, 0.1) is 4.92 Å². The van der Waals surface area contributed by atoms with Gasteiger partial charge in [0.15, 0.2) is 5.69 Å². The molecule has 0 heterocycles. The molecule has 0 amide bonds. The first-order valence-corrected chi connectivity index (χ1v) is 4.13. The maximum atomic E-state index is 10.6. The quantitative estimate of drug-likeness (QED) is 0.354. The van der Waals surface area contributed by atoms with E-state index in [0.717, 1.165) is 5.69 Å². The normalized spacial score (nSPS) is 10.5. The van der Waals surface area contributed by atoms with E-state index in [1.165, 1.54) is 6.07 Å². The van der Waals surface area contributed by atoms with Gasteiger partial charge >= 0.3 is 0 Å². The molecule has 7 heteroatoms. The van der Waals surface area contributed by atoms with Crippen LogP contribution in [0.4, 0.5) is 17.1 Å². The molecule has 1 aromatic rings. The number of hydrogen-bond donors (Lipinski definition) is 1. The SMILES string of the molecule is CN(C)c1ccc([N+](=O)[O-])c(N=NN)c1. The Hall–Kier alpha value is -2.18. The average molecular weight is 209 g/mol. The Morgan fingerprint density at radius 2 is 2.13 bits per heavy atom.